The predicted molar refractivity (Wildman–Crippen MR) is 92.6 cm³/mol. The Morgan fingerprint density at radius 2 is 2.21 bits per heavy atom. The molecule has 8 heteroatoms. The summed E-state index contributed by atoms with van der Waals surface area (Å²) in [5.41, 5.74) is 0.634. The minimum Gasteiger partial charge on any atom is -0.323 e. The van der Waals surface area contributed by atoms with E-state index in [0.717, 1.165) is 19.4 Å². The Morgan fingerprint density at radius 3 is 2.88 bits per heavy atom. The molecule has 2 aliphatic heterocycles. The predicted octanol–water partition coefficient (Wildman–Crippen LogP) is 2.90. The molecule has 0 radical (unpaired) electrons. The first-order valence-electron chi connectivity index (χ1n) is 8.00. The summed E-state index contributed by atoms with van der Waals surface area (Å²) in [4.78, 5) is 16.7. The molecule has 0 aromatic carbocycles. The number of hydrogen-bond acceptors (Lipinski definition) is 4. The molecule has 2 N–H and O–H groups in total. The van der Waals surface area contributed by atoms with Crippen LogP contribution in [0.4, 0.5) is 5.69 Å². The lowest BCUT2D eigenvalue weighted by molar-refractivity contribution is -0.123. The van der Waals surface area contributed by atoms with E-state index in [1.165, 1.54) is 17.3 Å². The van der Waals surface area contributed by atoms with Gasteiger partial charge in [0.1, 0.15) is 0 Å². The van der Waals surface area contributed by atoms with Crippen LogP contribution < -0.4 is 10.6 Å². The van der Waals surface area contributed by atoms with Gasteiger partial charge in [-0.25, -0.2) is 9.67 Å². The van der Waals surface area contributed by atoms with Gasteiger partial charge in [-0.3, -0.25) is 4.79 Å². The van der Waals surface area contributed by atoms with Gasteiger partial charge in [0.05, 0.1) is 34.0 Å². The summed E-state index contributed by atoms with van der Waals surface area (Å²) < 4.78 is 1.53. The van der Waals surface area contributed by atoms with Gasteiger partial charge in [-0.1, -0.05) is 23.2 Å². The quantitative estimate of drug-likeness (QED) is 0.876. The molecule has 2 saturated heterocycles. The minimum absolute atomic E-state index is 0.0260. The average molecular weight is 366 g/mol. The number of pyridine rings is 1. The van der Waals surface area contributed by atoms with Gasteiger partial charge in [0.25, 0.3) is 0 Å². The normalized spacial score (nSPS) is 25.7. The van der Waals surface area contributed by atoms with Crippen LogP contribution in [0, 0.1) is 11.8 Å². The maximum absolute atomic E-state index is 12.6. The molecule has 2 aromatic heterocycles. The van der Waals surface area contributed by atoms with Gasteiger partial charge in [-0.15, -0.1) is 0 Å². The fourth-order valence-electron chi connectivity index (χ4n) is 3.61. The first-order chi connectivity index (χ1) is 11.6. The molecule has 24 heavy (non-hydrogen) atoms. The van der Waals surface area contributed by atoms with E-state index in [-0.39, 0.29) is 17.9 Å². The highest BCUT2D eigenvalue weighted by Crippen LogP contribution is 2.34. The van der Waals surface area contributed by atoms with Gasteiger partial charge in [0, 0.05) is 12.2 Å². The van der Waals surface area contributed by atoms with Crippen molar-refractivity contribution >= 4 is 34.8 Å². The molecule has 3 unspecified atom stereocenters. The Morgan fingerprint density at radius 1 is 1.33 bits per heavy atom. The molecule has 3 fully saturated rings. The van der Waals surface area contributed by atoms with Crippen molar-refractivity contribution in [1.29, 1.82) is 0 Å². The van der Waals surface area contributed by atoms with Gasteiger partial charge >= 0.3 is 0 Å². The zero-order valence-corrected chi connectivity index (χ0v) is 14.4. The number of carbonyl (C=O) groups is 1. The van der Waals surface area contributed by atoms with E-state index in [9.17, 15) is 4.79 Å². The maximum atomic E-state index is 12.6. The van der Waals surface area contributed by atoms with Crippen molar-refractivity contribution in [3.8, 4) is 5.82 Å². The van der Waals surface area contributed by atoms with E-state index in [4.69, 9.17) is 23.2 Å². The van der Waals surface area contributed by atoms with Crippen molar-refractivity contribution in [2.45, 2.75) is 25.3 Å². The smallest absolute Gasteiger partial charge is 0.229 e. The molecule has 0 spiro atoms. The molecular weight excluding hydrogens is 349 g/mol. The topological polar surface area (TPSA) is 71.8 Å². The molecule has 5 rings (SSSR count). The van der Waals surface area contributed by atoms with Crippen molar-refractivity contribution in [1.82, 2.24) is 20.1 Å². The lowest BCUT2D eigenvalue weighted by Gasteiger charge is -2.42. The van der Waals surface area contributed by atoms with Crippen molar-refractivity contribution in [3.63, 3.8) is 0 Å². The summed E-state index contributed by atoms with van der Waals surface area (Å²) in [6.07, 6.45) is 8.06. The fraction of sp³-hybridized carbons (Fsp3) is 0.438. The molecule has 1 amide bonds. The van der Waals surface area contributed by atoms with Gasteiger partial charge < -0.3 is 10.6 Å². The van der Waals surface area contributed by atoms with Gasteiger partial charge in [0.15, 0.2) is 5.82 Å². The highest BCUT2D eigenvalue weighted by atomic mass is 35.5. The van der Waals surface area contributed by atoms with Gasteiger partial charge in [-0.05, 0) is 37.8 Å². The lowest BCUT2D eigenvalue weighted by Crippen LogP contribution is -2.53. The van der Waals surface area contributed by atoms with Gasteiger partial charge in [0.2, 0.25) is 5.91 Å². The van der Waals surface area contributed by atoms with E-state index in [0.29, 0.717) is 27.5 Å². The lowest BCUT2D eigenvalue weighted by atomic mass is 9.73. The molecule has 1 saturated carbocycles. The average Bonchev–Trinajstić information content (AvgIpc) is 3.04. The Hall–Kier alpha value is -1.63. The second kappa shape index (κ2) is 6.35. The number of rotatable bonds is 3. The summed E-state index contributed by atoms with van der Waals surface area (Å²) in [5.74, 6) is 1.16. The first-order valence-corrected chi connectivity index (χ1v) is 8.76. The number of piperidine rings is 2. The number of carbonyl (C=O) groups excluding carboxylic acids is 1. The van der Waals surface area contributed by atoms with Crippen LogP contribution in [0.3, 0.4) is 0 Å². The Bertz CT molecular complexity index is 770. The summed E-state index contributed by atoms with van der Waals surface area (Å²) in [6.45, 7) is 1.03. The number of halogens is 2. The second-order valence-electron chi connectivity index (χ2n) is 6.42. The molecule has 1 aliphatic carbocycles. The van der Waals surface area contributed by atoms with E-state index in [1.807, 2.05) is 0 Å². The van der Waals surface area contributed by atoms with E-state index < -0.39 is 0 Å². The van der Waals surface area contributed by atoms with Crippen molar-refractivity contribution < 1.29 is 4.79 Å². The Balaban J connectivity index is 1.48. The number of nitrogens with zero attached hydrogens (tertiary/aromatic N) is 3. The standard InChI is InChI=1S/C16H17Cl2N5O/c17-10-4-13(18)15(20-6-10)23-8-11(7-21-23)22-16(24)12-3-9-1-2-14(12)19-5-9/h4,6-9,12,14,19H,1-3,5H2,(H,22,24). The first kappa shape index (κ1) is 15.9. The van der Waals surface area contributed by atoms with Crippen LogP contribution in [0.25, 0.3) is 5.82 Å². The van der Waals surface area contributed by atoms with Crippen LogP contribution in [-0.4, -0.2) is 33.3 Å². The molecule has 2 aromatic rings. The van der Waals surface area contributed by atoms with Gasteiger partial charge in [-0.2, -0.15) is 5.10 Å². The molecule has 3 aliphatic rings. The molecule has 3 atom stereocenters. The third-order valence-corrected chi connectivity index (χ3v) is 5.30. The third kappa shape index (κ3) is 3.01. The summed E-state index contributed by atoms with van der Waals surface area (Å²) in [7, 11) is 0. The van der Waals surface area contributed by atoms with Crippen molar-refractivity contribution in [3.05, 3.63) is 34.7 Å². The number of nitrogens with one attached hydrogen (secondary N) is 2. The number of fused-ring (bicyclic) bond motifs is 3. The van der Waals surface area contributed by atoms with Crippen LogP contribution in [0.5, 0.6) is 0 Å². The van der Waals surface area contributed by atoms with E-state index >= 15 is 0 Å². The fourth-order valence-corrected chi connectivity index (χ4v) is 4.08. The number of anilines is 1. The van der Waals surface area contributed by atoms with Crippen LogP contribution in [0.15, 0.2) is 24.7 Å². The highest BCUT2D eigenvalue weighted by Gasteiger charge is 2.39. The second-order valence-corrected chi connectivity index (χ2v) is 7.27. The number of aromatic nitrogens is 3. The van der Waals surface area contributed by atoms with E-state index in [1.54, 1.807) is 18.5 Å². The van der Waals surface area contributed by atoms with Crippen LogP contribution in [0.1, 0.15) is 19.3 Å². The van der Waals surface area contributed by atoms with Crippen molar-refractivity contribution in [2.75, 3.05) is 11.9 Å². The number of hydrogen-bond donors (Lipinski definition) is 2. The summed E-state index contributed by atoms with van der Waals surface area (Å²) in [5, 5.41) is 11.5. The highest BCUT2D eigenvalue weighted by molar-refractivity contribution is 6.35. The molecule has 2 bridgehead atoms. The monoisotopic (exact) mass is 365 g/mol. The molecule has 6 nitrogen and oxygen atoms in total. The molecule has 4 heterocycles. The van der Waals surface area contributed by atoms with Crippen LogP contribution in [0.2, 0.25) is 10.0 Å². The number of amides is 1. The third-order valence-electron chi connectivity index (χ3n) is 4.82. The van der Waals surface area contributed by atoms with E-state index in [2.05, 4.69) is 20.7 Å². The molecule has 126 valence electrons. The zero-order chi connectivity index (χ0) is 16.7. The summed E-state index contributed by atoms with van der Waals surface area (Å²) in [6, 6.07) is 1.90. The van der Waals surface area contributed by atoms with Crippen LogP contribution in [-0.2, 0) is 4.79 Å². The van der Waals surface area contributed by atoms with Crippen LogP contribution >= 0.6 is 23.2 Å². The Labute approximate surface area is 149 Å². The minimum atomic E-state index is 0.0260. The largest absolute Gasteiger partial charge is 0.323 e. The SMILES string of the molecule is O=C(Nc1cnn(-c2ncc(Cl)cc2Cl)c1)C1CC2CCC1NC2. The van der Waals surface area contributed by atoms with Crippen molar-refractivity contribution in [2.24, 2.45) is 11.8 Å². The zero-order valence-electron chi connectivity index (χ0n) is 12.9. The Kier molecular flexibility index (Phi) is 4.20. The maximum Gasteiger partial charge on any atom is 0.229 e. The molecular formula is C16H17Cl2N5O. The summed E-state index contributed by atoms with van der Waals surface area (Å²) >= 11 is 12.0.